The number of hydrogen-bond donors (Lipinski definition) is 2. The Hall–Kier alpha value is -3.24. The Morgan fingerprint density at radius 2 is 1.56 bits per heavy atom. The molecule has 0 fully saturated rings. The number of aromatic nitrogens is 3. The summed E-state index contributed by atoms with van der Waals surface area (Å²) < 4.78 is 77.0. The normalized spacial score (nSPS) is 12.4. The first-order chi connectivity index (χ1) is 12.5. The maximum Gasteiger partial charge on any atom is 0.420 e. The summed E-state index contributed by atoms with van der Waals surface area (Å²) >= 11 is 0. The van der Waals surface area contributed by atoms with Gasteiger partial charge in [0.15, 0.2) is 5.82 Å². The van der Waals surface area contributed by atoms with Crippen LogP contribution < -0.4 is 5.69 Å². The second kappa shape index (κ2) is 6.18. The van der Waals surface area contributed by atoms with Gasteiger partial charge in [0.05, 0.1) is 16.8 Å². The molecule has 0 radical (unpaired) electrons. The van der Waals surface area contributed by atoms with Gasteiger partial charge in [-0.15, -0.1) is 5.10 Å². The lowest BCUT2D eigenvalue weighted by atomic mass is 10.1. The zero-order valence-electron chi connectivity index (χ0n) is 13.1. The Kier molecular flexibility index (Phi) is 4.25. The highest BCUT2D eigenvalue weighted by Crippen LogP contribution is 2.36. The fourth-order valence-corrected chi connectivity index (χ4v) is 2.33. The Morgan fingerprint density at radius 1 is 0.926 bits per heavy atom. The topological polar surface area (TPSA) is 70.9 Å². The molecule has 0 atom stereocenters. The van der Waals surface area contributed by atoms with E-state index in [2.05, 4.69) is 10.1 Å². The van der Waals surface area contributed by atoms with Crippen molar-refractivity contribution in [3.63, 3.8) is 0 Å². The Morgan fingerprint density at radius 3 is 2.11 bits per heavy atom. The highest BCUT2D eigenvalue weighted by molar-refractivity contribution is 5.55. The summed E-state index contributed by atoms with van der Waals surface area (Å²) in [6.45, 7) is 0. The van der Waals surface area contributed by atoms with E-state index >= 15 is 0 Å². The van der Waals surface area contributed by atoms with E-state index in [1.54, 1.807) is 0 Å². The molecule has 5 nitrogen and oxygen atoms in total. The molecule has 3 rings (SSSR count). The van der Waals surface area contributed by atoms with Crippen LogP contribution in [0.15, 0.2) is 47.3 Å². The SMILES string of the molecule is O=c1[nH]c(-c2ccc(C(F)(F)F)cc2)nn1-c1ccc(O)c(C(F)(F)F)c1. The number of rotatable bonds is 2. The Bertz CT molecular complexity index is 1030. The summed E-state index contributed by atoms with van der Waals surface area (Å²) in [4.78, 5) is 14.3. The lowest BCUT2D eigenvalue weighted by Crippen LogP contribution is -2.17. The molecule has 11 heteroatoms. The summed E-state index contributed by atoms with van der Waals surface area (Å²) in [5.41, 5.74) is -3.30. The van der Waals surface area contributed by atoms with Crippen LogP contribution in [-0.4, -0.2) is 19.9 Å². The van der Waals surface area contributed by atoms with Crippen LogP contribution in [0, 0.1) is 0 Å². The van der Waals surface area contributed by atoms with Gasteiger partial charge in [0.2, 0.25) is 0 Å². The Labute approximate surface area is 146 Å². The summed E-state index contributed by atoms with van der Waals surface area (Å²) in [6.07, 6.45) is -9.39. The number of alkyl halides is 6. The molecule has 2 aromatic carbocycles. The largest absolute Gasteiger partial charge is 0.507 e. The molecular weight excluding hydrogens is 380 g/mol. The molecule has 0 saturated carbocycles. The van der Waals surface area contributed by atoms with Crippen LogP contribution in [0.2, 0.25) is 0 Å². The van der Waals surface area contributed by atoms with Gasteiger partial charge in [-0.1, -0.05) is 12.1 Å². The minimum absolute atomic E-state index is 0.129. The second-order valence-electron chi connectivity index (χ2n) is 5.46. The number of nitrogens with one attached hydrogen (secondary N) is 1. The minimum Gasteiger partial charge on any atom is -0.507 e. The van der Waals surface area contributed by atoms with Crippen LogP contribution in [0.4, 0.5) is 26.3 Å². The van der Waals surface area contributed by atoms with Gasteiger partial charge in [-0.05, 0) is 30.3 Å². The molecule has 0 bridgehead atoms. The molecule has 0 aliphatic carbocycles. The van der Waals surface area contributed by atoms with E-state index in [1.807, 2.05) is 0 Å². The number of aromatic amines is 1. The third kappa shape index (κ3) is 3.66. The van der Waals surface area contributed by atoms with E-state index in [0.717, 1.165) is 36.4 Å². The van der Waals surface area contributed by atoms with Crippen molar-refractivity contribution < 1.29 is 31.4 Å². The fourth-order valence-electron chi connectivity index (χ4n) is 2.33. The number of phenolic OH excluding ortho intramolecular Hbond substituents is 1. The smallest absolute Gasteiger partial charge is 0.420 e. The number of H-pyrrole nitrogens is 1. The predicted octanol–water partition coefficient (Wildman–Crippen LogP) is 3.97. The quantitative estimate of drug-likeness (QED) is 0.652. The molecule has 142 valence electrons. The van der Waals surface area contributed by atoms with Crippen LogP contribution in [0.25, 0.3) is 17.1 Å². The van der Waals surface area contributed by atoms with Gasteiger partial charge in [-0.2, -0.15) is 31.0 Å². The molecular formula is C16H9F6N3O2. The maximum absolute atomic E-state index is 12.9. The molecule has 0 amide bonds. The van der Waals surface area contributed by atoms with Crippen molar-refractivity contribution in [2.24, 2.45) is 0 Å². The van der Waals surface area contributed by atoms with Crippen molar-refractivity contribution >= 4 is 0 Å². The van der Waals surface area contributed by atoms with Crippen LogP contribution in [0.5, 0.6) is 5.75 Å². The van der Waals surface area contributed by atoms with Crippen molar-refractivity contribution in [2.75, 3.05) is 0 Å². The van der Waals surface area contributed by atoms with E-state index in [1.165, 1.54) is 0 Å². The molecule has 27 heavy (non-hydrogen) atoms. The van der Waals surface area contributed by atoms with Gasteiger partial charge in [-0.25, -0.2) is 4.79 Å². The van der Waals surface area contributed by atoms with E-state index in [-0.39, 0.29) is 17.1 Å². The lowest BCUT2D eigenvalue weighted by Gasteiger charge is -2.10. The van der Waals surface area contributed by atoms with Crippen LogP contribution in [0.3, 0.4) is 0 Å². The highest BCUT2D eigenvalue weighted by atomic mass is 19.4. The van der Waals surface area contributed by atoms with Crippen LogP contribution in [0.1, 0.15) is 11.1 Å². The second-order valence-corrected chi connectivity index (χ2v) is 5.46. The third-order valence-electron chi connectivity index (χ3n) is 3.63. The van der Waals surface area contributed by atoms with Crippen molar-refractivity contribution in [1.29, 1.82) is 0 Å². The van der Waals surface area contributed by atoms with E-state index in [9.17, 15) is 36.2 Å². The first-order valence-corrected chi connectivity index (χ1v) is 7.24. The number of halogens is 6. The molecule has 0 aliphatic heterocycles. The summed E-state index contributed by atoms with van der Waals surface area (Å²) in [7, 11) is 0. The minimum atomic E-state index is -4.85. The Balaban J connectivity index is 2.02. The molecule has 1 aromatic heterocycles. The molecule has 0 aliphatic rings. The van der Waals surface area contributed by atoms with Gasteiger partial charge in [0, 0.05) is 5.56 Å². The average molecular weight is 389 g/mol. The lowest BCUT2D eigenvalue weighted by molar-refractivity contribution is -0.139. The zero-order chi connectivity index (χ0) is 20.0. The third-order valence-corrected chi connectivity index (χ3v) is 3.63. The highest BCUT2D eigenvalue weighted by Gasteiger charge is 2.34. The molecule has 0 unspecified atom stereocenters. The molecule has 0 saturated heterocycles. The van der Waals surface area contributed by atoms with Crippen molar-refractivity contribution in [2.45, 2.75) is 12.4 Å². The summed E-state index contributed by atoms with van der Waals surface area (Å²) in [5.74, 6) is -1.15. The predicted molar refractivity (Wildman–Crippen MR) is 81.3 cm³/mol. The molecule has 3 aromatic rings. The molecule has 0 spiro atoms. The van der Waals surface area contributed by atoms with E-state index in [0.29, 0.717) is 10.7 Å². The van der Waals surface area contributed by atoms with Crippen molar-refractivity contribution in [1.82, 2.24) is 14.8 Å². The zero-order valence-corrected chi connectivity index (χ0v) is 13.1. The van der Waals surface area contributed by atoms with Crippen molar-refractivity contribution in [3.8, 4) is 22.8 Å². The number of aromatic hydroxyl groups is 1. The number of nitrogens with zero attached hydrogens (tertiary/aromatic N) is 2. The standard InChI is InChI=1S/C16H9F6N3O2/c17-15(18,19)9-3-1-8(2-4-9)13-23-14(27)25(24-13)10-5-6-12(26)11(7-10)16(20,21)22/h1-7,26H,(H,23,24,27). The first-order valence-electron chi connectivity index (χ1n) is 7.24. The maximum atomic E-state index is 12.9. The molecule has 2 N–H and O–H groups in total. The van der Waals surface area contributed by atoms with Crippen LogP contribution in [-0.2, 0) is 12.4 Å². The molecule has 1 heterocycles. The van der Waals surface area contributed by atoms with Gasteiger partial charge in [0.1, 0.15) is 5.75 Å². The monoisotopic (exact) mass is 389 g/mol. The van der Waals surface area contributed by atoms with Gasteiger partial charge < -0.3 is 5.11 Å². The van der Waals surface area contributed by atoms with Crippen LogP contribution >= 0.6 is 0 Å². The van der Waals surface area contributed by atoms with E-state index < -0.39 is 34.9 Å². The first kappa shape index (κ1) is 18.5. The summed E-state index contributed by atoms with van der Waals surface area (Å²) in [6, 6.07) is 6.06. The van der Waals surface area contributed by atoms with E-state index in [4.69, 9.17) is 0 Å². The summed E-state index contributed by atoms with van der Waals surface area (Å²) in [5, 5.41) is 13.1. The average Bonchev–Trinajstić information content (AvgIpc) is 2.95. The fraction of sp³-hybridized carbons (Fsp3) is 0.125. The number of hydrogen-bond acceptors (Lipinski definition) is 3. The number of benzene rings is 2. The van der Waals surface area contributed by atoms with Gasteiger partial charge >= 0.3 is 18.0 Å². The number of phenols is 1. The van der Waals surface area contributed by atoms with Gasteiger partial charge in [-0.3, -0.25) is 4.98 Å². The van der Waals surface area contributed by atoms with Gasteiger partial charge in [0.25, 0.3) is 0 Å². The van der Waals surface area contributed by atoms with Crippen molar-refractivity contribution in [3.05, 3.63) is 64.1 Å².